The number of nitrogens with zero attached hydrogens (tertiary/aromatic N) is 1. The van der Waals surface area contributed by atoms with E-state index in [4.69, 9.17) is 5.73 Å². The zero-order valence-corrected chi connectivity index (χ0v) is 11.3. The number of aryl methyl sites for hydroxylation is 1. The average molecular weight is 241 g/mol. The molecule has 0 aliphatic rings. The van der Waals surface area contributed by atoms with E-state index in [2.05, 4.69) is 43.4 Å². The molecule has 0 aliphatic carbocycles. The van der Waals surface area contributed by atoms with Crippen molar-refractivity contribution in [1.29, 1.82) is 0 Å². The van der Waals surface area contributed by atoms with Crippen molar-refractivity contribution in [3.05, 3.63) is 21.9 Å². The van der Waals surface area contributed by atoms with E-state index < -0.39 is 0 Å². The van der Waals surface area contributed by atoms with Gasteiger partial charge in [-0.3, -0.25) is 0 Å². The van der Waals surface area contributed by atoms with Gasteiger partial charge in [0.25, 0.3) is 0 Å². The van der Waals surface area contributed by atoms with E-state index in [9.17, 15) is 0 Å². The van der Waals surface area contributed by atoms with Gasteiger partial charge in [0.2, 0.25) is 0 Å². The van der Waals surface area contributed by atoms with Gasteiger partial charge in [0.05, 0.1) is 6.04 Å². The van der Waals surface area contributed by atoms with E-state index in [1.54, 1.807) is 0 Å². The maximum Gasteiger partial charge on any atom is 0.0539 e. The Labute approximate surface area is 103 Å². The minimum atomic E-state index is 0.310. The third-order valence-electron chi connectivity index (χ3n) is 2.56. The van der Waals surface area contributed by atoms with E-state index >= 15 is 0 Å². The quantitative estimate of drug-likeness (QED) is 0.759. The molecular weight excluding hydrogens is 218 g/mol. The Kier molecular flexibility index (Phi) is 5.98. The highest BCUT2D eigenvalue weighted by molar-refractivity contribution is 7.12. The van der Waals surface area contributed by atoms with Crippen molar-refractivity contribution in [2.75, 3.05) is 33.7 Å². The maximum absolute atomic E-state index is 5.80. The molecule has 0 saturated carbocycles. The summed E-state index contributed by atoms with van der Waals surface area (Å²) in [6.45, 7) is 4.88. The van der Waals surface area contributed by atoms with Crippen molar-refractivity contribution in [3.8, 4) is 0 Å². The molecule has 1 atom stereocenters. The molecule has 3 nitrogen and oxygen atoms in total. The molecular formula is C12H23N3S. The average Bonchev–Trinajstić information content (AvgIpc) is 2.72. The molecule has 0 aromatic carbocycles. The second-order valence-corrected chi connectivity index (χ2v) is 5.40. The topological polar surface area (TPSA) is 41.3 Å². The molecule has 0 fully saturated rings. The molecule has 16 heavy (non-hydrogen) atoms. The predicted molar refractivity (Wildman–Crippen MR) is 72.0 cm³/mol. The van der Waals surface area contributed by atoms with Gasteiger partial charge in [-0.2, -0.15) is 0 Å². The Morgan fingerprint density at radius 3 is 2.69 bits per heavy atom. The fourth-order valence-electron chi connectivity index (χ4n) is 1.53. The summed E-state index contributed by atoms with van der Waals surface area (Å²) in [6.07, 6.45) is 1.11. The number of nitrogens with one attached hydrogen (secondary N) is 1. The smallest absolute Gasteiger partial charge is 0.0539 e. The van der Waals surface area contributed by atoms with E-state index in [1.807, 2.05) is 11.3 Å². The normalized spacial score (nSPS) is 13.3. The molecule has 0 aliphatic heterocycles. The molecule has 92 valence electrons. The van der Waals surface area contributed by atoms with Crippen molar-refractivity contribution in [2.45, 2.75) is 19.4 Å². The molecule has 1 aromatic rings. The van der Waals surface area contributed by atoms with Gasteiger partial charge in [0.1, 0.15) is 0 Å². The Balaban J connectivity index is 2.46. The summed E-state index contributed by atoms with van der Waals surface area (Å²) in [5.74, 6) is 0. The van der Waals surface area contributed by atoms with Crippen LogP contribution in [0.5, 0.6) is 0 Å². The Bertz CT molecular complexity index is 296. The van der Waals surface area contributed by atoms with Crippen molar-refractivity contribution < 1.29 is 0 Å². The van der Waals surface area contributed by atoms with E-state index in [0.717, 1.165) is 19.5 Å². The van der Waals surface area contributed by atoms with Crippen molar-refractivity contribution in [2.24, 2.45) is 5.73 Å². The number of hydrogen-bond donors (Lipinski definition) is 2. The van der Waals surface area contributed by atoms with Crippen molar-refractivity contribution >= 4 is 11.3 Å². The standard InChI is InChI=1S/C12H23N3S/c1-4-10-5-6-12(16-10)11(9-13)14-7-8-15(2)3/h5-6,11,14H,4,7-9,13H2,1-3H3. The minimum absolute atomic E-state index is 0.310. The molecule has 1 unspecified atom stereocenters. The number of nitrogens with two attached hydrogens (primary N) is 1. The summed E-state index contributed by atoms with van der Waals surface area (Å²) >= 11 is 1.87. The largest absolute Gasteiger partial charge is 0.329 e. The summed E-state index contributed by atoms with van der Waals surface area (Å²) in [5, 5.41) is 3.50. The van der Waals surface area contributed by atoms with Gasteiger partial charge >= 0.3 is 0 Å². The molecule has 4 heteroatoms. The lowest BCUT2D eigenvalue weighted by Crippen LogP contribution is -2.33. The lowest BCUT2D eigenvalue weighted by Gasteiger charge is -2.17. The monoisotopic (exact) mass is 241 g/mol. The molecule has 1 heterocycles. The van der Waals surface area contributed by atoms with Crippen LogP contribution in [0.1, 0.15) is 22.7 Å². The van der Waals surface area contributed by atoms with Crippen molar-refractivity contribution in [3.63, 3.8) is 0 Å². The number of likely N-dealkylation sites (N-methyl/N-ethyl adjacent to an activating group) is 1. The molecule has 0 saturated heterocycles. The summed E-state index contributed by atoms with van der Waals surface area (Å²) in [6, 6.07) is 4.71. The number of hydrogen-bond acceptors (Lipinski definition) is 4. The highest BCUT2D eigenvalue weighted by Gasteiger charge is 2.10. The van der Waals surface area contributed by atoms with E-state index in [-0.39, 0.29) is 0 Å². The van der Waals surface area contributed by atoms with Crippen LogP contribution in [0.2, 0.25) is 0 Å². The van der Waals surface area contributed by atoms with Gasteiger partial charge in [-0.25, -0.2) is 0 Å². The first-order chi connectivity index (χ1) is 7.67. The summed E-state index contributed by atoms with van der Waals surface area (Å²) in [4.78, 5) is 4.97. The lowest BCUT2D eigenvalue weighted by atomic mass is 10.2. The van der Waals surface area contributed by atoms with Crippen LogP contribution in [0.25, 0.3) is 0 Å². The maximum atomic E-state index is 5.80. The summed E-state index contributed by atoms with van der Waals surface area (Å²) in [5.41, 5.74) is 5.80. The fourth-order valence-corrected chi connectivity index (χ4v) is 2.58. The molecule has 3 N–H and O–H groups in total. The van der Waals surface area contributed by atoms with Crippen LogP contribution in [0.4, 0.5) is 0 Å². The first-order valence-electron chi connectivity index (χ1n) is 5.84. The SMILES string of the molecule is CCc1ccc(C(CN)NCCN(C)C)s1. The van der Waals surface area contributed by atoms with Crippen LogP contribution in [-0.4, -0.2) is 38.6 Å². The van der Waals surface area contributed by atoms with Crippen LogP contribution >= 0.6 is 11.3 Å². The minimum Gasteiger partial charge on any atom is -0.329 e. The molecule has 1 aromatic heterocycles. The Hall–Kier alpha value is -0.420. The molecule has 0 radical (unpaired) electrons. The molecule has 0 amide bonds. The predicted octanol–water partition coefficient (Wildman–Crippen LogP) is 1.46. The zero-order chi connectivity index (χ0) is 12.0. The molecule has 0 spiro atoms. The van der Waals surface area contributed by atoms with Crippen LogP contribution in [0.3, 0.4) is 0 Å². The van der Waals surface area contributed by atoms with Crippen molar-refractivity contribution in [1.82, 2.24) is 10.2 Å². The van der Waals surface area contributed by atoms with Crippen LogP contribution in [0.15, 0.2) is 12.1 Å². The number of thiophene rings is 1. The van der Waals surface area contributed by atoms with Crippen LogP contribution < -0.4 is 11.1 Å². The van der Waals surface area contributed by atoms with E-state index in [0.29, 0.717) is 12.6 Å². The zero-order valence-electron chi connectivity index (χ0n) is 10.5. The Morgan fingerprint density at radius 1 is 1.44 bits per heavy atom. The van der Waals surface area contributed by atoms with Gasteiger partial charge in [0, 0.05) is 29.4 Å². The third-order valence-corrected chi connectivity index (χ3v) is 3.90. The second kappa shape index (κ2) is 7.01. The van der Waals surface area contributed by atoms with E-state index in [1.165, 1.54) is 9.75 Å². The van der Waals surface area contributed by atoms with Gasteiger partial charge in [-0.1, -0.05) is 6.92 Å². The lowest BCUT2D eigenvalue weighted by molar-refractivity contribution is 0.386. The second-order valence-electron chi connectivity index (χ2n) is 4.20. The van der Waals surface area contributed by atoms with Gasteiger partial charge in [0.15, 0.2) is 0 Å². The third kappa shape index (κ3) is 4.22. The number of rotatable bonds is 7. The van der Waals surface area contributed by atoms with Crippen LogP contribution in [-0.2, 0) is 6.42 Å². The first kappa shape index (κ1) is 13.6. The summed E-state index contributed by atoms with van der Waals surface area (Å²) < 4.78 is 0. The fraction of sp³-hybridized carbons (Fsp3) is 0.667. The van der Waals surface area contributed by atoms with Gasteiger partial charge < -0.3 is 16.0 Å². The molecule has 0 bridgehead atoms. The summed E-state index contributed by atoms with van der Waals surface area (Å²) in [7, 11) is 4.17. The van der Waals surface area contributed by atoms with Crippen LogP contribution in [0, 0.1) is 0 Å². The Morgan fingerprint density at radius 2 is 2.19 bits per heavy atom. The van der Waals surface area contributed by atoms with Gasteiger partial charge in [-0.15, -0.1) is 11.3 Å². The molecule has 1 rings (SSSR count). The first-order valence-corrected chi connectivity index (χ1v) is 6.65. The highest BCUT2D eigenvalue weighted by Crippen LogP contribution is 2.22. The highest BCUT2D eigenvalue weighted by atomic mass is 32.1. The van der Waals surface area contributed by atoms with Gasteiger partial charge in [-0.05, 0) is 32.6 Å².